The van der Waals surface area contributed by atoms with Crippen LogP contribution in [0.25, 0.3) is 0 Å². The van der Waals surface area contributed by atoms with E-state index in [1.54, 1.807) is 54.6 Å². The van der Waals surface area contributed by atoms with E-state index < -0.39 is 28.5 Å². The van der Waals surface area contributed by atoms with Gasteiger partial charge in [-0.15, -0.1) is 0 Å². The van der Waals surface area contributed by atoms with Gasteiger partial charge in [0.15, 0.2) is 0 Å². The Balaban J connectivity index is 1.98. The average Bonchev–Trinajstić information content (AvgIpc) is 2.90. The zero-order valence-corrected chi connectivity index (χ0v) is 23.3. The molecule has 0 unspecified atom stereocenters. The van der Waals surface area contributed by atoms with Gasteiger partial charge in [0.1, 0.15) is 12.6 Å². The molecule has 3 rings (SSSR count). The number of benzene rings is 3. The molecule has 1 atom stereocenters. The predicted octanol–water partition coefficient (Wildman–Crippen LogP) is 4.56. The first-order valence-corrected chi connectivity index (χ1v) is 14.4. The van der Waals surface area contributed by atoms with Crippen LogP contribution >= 0.6 is 0 Å². The molecule has 0 radical (unpaired) electrons. The number of carbonyl (C=O) groups excluding carboxylic acids is 2. The lowest BCUT2D eigenvalue weighted by molar-refractivity contribution is -0.139. The second-order valence-corrected chi connectivity index (χ2v) is 11.4. The third kappa shape index (κ3) is 7.44. The average molecular weight is 536 g/mol. The molecular weight excluding hydrogens is 498 g/mol. The fourth-order valence-electron chi connectivity index (χ4n) is 4.24. The monoisotopic (exact) mass is 535 g/mol. The van der Waals surface area contributed by atoms with E-state index >= 15 is 0 Å². The van der Waals surface area contributed by atoms with E-state index in [4.69, 9.17) is 0 Å². The summed E-state index contributed by atoms with van der Waals surface area (Å²) < 4.78 is 28.7. The first-order valence-electron chi connectivity index (χ1n) is 12.9. The number of nitrogens with one attached hydrogen (secondary N) is 1. The van der Waals surface area contributed by atoms with Gasteiger partial charge in [-0.2, -0.15) is 0 Å². The molecule has 8 heteroatoms. The molecule has 0 aliphatic heterocycles. The van der Waals surface area contributed by atoms with Crippen LogP contribution in [-0.4, -0.2) is 50.3 Å². The minimum atomic E-state index is -4.05. The number of para-hydroxylation sites is 1. The molecule has 0 saturated heterocycles. The molecule has 0 aliphatic carbocycles. The summed E-state index contributed by atoms with van der Waals surface area (Å²) in [5.41, 5.74) is 2.33. The quantitative estimate of drug-likeness (QED) is 0.368. The Morgan fingerprint density at radius 1 is 0.868 bits per heavy atom. The summed E-state index contributed by atoms with van der Waals surface area (Å²) in [6, 6.07) is 24.0. The van der Waals surface area contributed by atoms with Gasteiger partial charge in [-0.3, -0.25) is 13.9 Å². The van der Waals surface area contributed by atoms with Crippen LogP contribution in [0.15, 0.2) is 89.8 Å². The van der Waals surface area contributed by atoms with Gasteiger partial charge in [0.2, 0.25) is 11.8 Å². The van der Waals surface area contributed by atoms with Crippen LogP contribution in [0.4, 0.5) is 5.69 Å². The molecule has 0 aliphatic rings. The molecule has 7 nitrogen and oxygen atoms in total. The highest BCUT2D eigenvalue weighted by Gasteiger charge is 2.33. The van der Waals surface area contributed by atoms with Crippen LogP contribution in [-0.2, 0) is 26.0 Å². The Morgan fingerprint density at radius 2 is 1.45 bits per heavy atom. The summed E-state index contributed by atoms with van der Waals surface area (Å²) in [5, 5.41) is 2.91. The number of aryl methyl sites for hydroxylation is 1. The minimum absolute atomic E-state index is 0.0923. The number of rotatable bonds is 12. The van der Waals surface area contributed by atoms with Gasteiger partial charge in [-0.05, 0) is 63.4 Å². The van der Waals surface area contributed by atoms with Crippen molar-refractivity contribution in [2.75, 3.05) is 17.4 Å². The van der Waals surface area contributed by atoms with E-state index in [-0.39, 0.29) is 23.4 Å². The molecule has 0 heterocycles. The van der Waals surface area contributed by atoms with E-state index in [9.17, 15) is 18.0 Å². The maximum atomic E-state index is 13.9. The summed E-state index contributed by atoms with van der Waals surface area (Å²) in [6.07, 6.45) is 0.934. The Morgan fingerprint density at radius 3 is 2.00 bits per heavy atom. The van der Waals surface area contributed by atoms with E-state index in [0.29, 0.717) is 18.5 Å². The second kappa shape index (κ2) is 13.2. The van der Waals surface area contributed by atoms with Gasteiger partial charge in [-0.25, -0.2) is 8.42 Å². The fourth-order valence-corrected chi connectivity index (χ4v) is 5.65. The van der Waals surface area contributed by atoms with Crippen molar-refractivity contribution in [2.24, 2.45) is 0 Å². The summed E-state index contributed by atoms with van der Waals surface area (Å²) in [7, 11) is -4.05. The molecule has 1 N–H and O–H groups in total. The molecule has 0 saturated carbocycles. The van der Waals surface area contributed by atoms with Crippen molar-refractivity contribution in [1.29, 1.82) is 0 Å². The molecule has 0 aromatic heterocycles. The Bertz CT molecular complexity index is 1290. The Hall–Kier alpha value is -3.65. The Kier molecular flexibility index (Phi) is 10.1. The third-order valence-electron chi connectivity index (χ3n) is 6.23. The third-order valence-corrected chi connectivity index (χ3v) is 8.02. The van der Waals surface area contributed by atoms with Crippen LogP contribution in [0.5, 0.6) is 0 Å². The Labute approximate surface area is 226 Å². The lowest BCUT2D eigenvalue weighted by Crippen LogP contribution is -2.54. The number of hydrogen-bond acceptors (Lipinski definition) is 4. The molecule has 2 amide bonds. The molecule has 0 bridgehead atoms. The minimum Gasteiger partial charge on any atom is -0.352 e. The fraction of sp³-hybridized carbons (Fsp3) is 0.333. The molecule has 38 heavy (non-hydrogen) atoms. The highest BCUT2D eigenvalue weighted by atomic mass is 32.2. The zero-order valence-electron chi connectivity index (χ0n) is 22.5. The van der Waals surface area contributed by atoms with Crippen LogP contribution in [0.3, 0.4) is 0 Å². The summed E-state index contributed by atoms with van der Waals surface area (Å²) in [5.74, 6) is -0.692. The van der Waals surface area contributed by atoms with Crippen LogP contribution in [0, 0.1) is 6.92 Å². The standard InChI is InChI=1S/C30H37N3O4S/c1-5-28(30(35)31-23(2)3)32(21-20-25-12-8-6-9-13-25)29(34)22-33(26-14-10-7-11-15-26)38(36,37)27-18-16-24(4)17-19-27/h6-19,23,28H,5,20-22H2,1-4H3,(H,31,35)/t28-/m0/s1. The van der Waals surface area contributed by atoms with E-state index in [0.717, 1.165) is 15.4 Å². The van der Waals surface area contributed by atoms with Crippen molar-refractivity contribution in [3.05, 3.63) is 96.1 Å². The molecule has 202 valence electrons. The first kappa shape index (κ1) is 28.9. The van der Waals surface area contributed by atoms with Crippen molar-refractivity contribution < 1.29 is 18.0 Å². The van der Waals surface area contributed by atoms with Gasteiger partial charge < -0.3 is 10.2 Å². The van der Waals surface area contributed by atoms with Gasteiger partial charge in [-0.1, -0.05) is 73.2 Å². The molecule has 3 aromatic rings. The van der Waals surface area contributed by atoms with Gasteiger partial charge in [0, 0.05) is 12.6 Å². The number of amides is 2. The van der Waals surface area contributed by atoms with E-state index in [2.05, 4.69) is 5.32 Å². The smallest absolute Gasteiger partial charge is 0.264 e. The van der Waals surface area contributed by atoms with Crippen molar-refractivity contribution in [1.82, 2.24) is 10.2 Å². The summed E-state index contributed by atoms with van der Waals surface area (Å²) >= 11 is 0. The van der Waals surface area contributed by atoms with Gasteiger partial charge >= 0.3 is 0 Å². The van der Waals surface area contributed by atoms with E-state index in [1.807, 2.05) is 58.0 Å². The van der Waals surface area contributed by atoms with Crippen LogP contribution in [0.2, 0.25) is 0 Å². The number of sulfonamides is 1. The topological polar surface area (TPSA) is 86.8 Å². The predicted molar refractivity (Wildman–Crippen MR) is 151 cm³/mol. The van der Waals surface area contributed by atoms with Crippen LogP contribution in [0.1, 0.15) is 38.3 Å². The van der Waals surface area contributed by atoms with Crippen molar-refractivity contribution >= 4 is 27.5 Å². The second-order valence-electron chi connectivity index (χ2n) is 9.57. The number of anilines is 1. The highest BCUT2D eigenvalue weighted by Crippen LogP contribution is 2.24. The van der Waals surface area contributed by atoms with Crippen LogP contribution < -0.4 is 9.62 Å². The van der Waals surface area contributed by atoms with Crippen molar-refractivity contribution in [2.45, 2.75) is 57.5 Å². The lowest BCUT2D eigenvalue weighted by atomic mass is 10.1. The van der Waals surface area contributed by atoms with Crippen molar-refractivity contribution in [3.63, 3.8) is 0 Å². The zero-order chi connectivity index (χ0) is 27.7. The lowest BCUT2D eigenvalue weighted by Gasteiger charge is -2.33. The number of nitrogens with zero attached hydrogens (tertiary/aromatic N) is 2. The SMILES string of the molecule is CC[C@@H](C(=O)NC(C)C)N(CCc1ccccc1)C(=O)CN(c1ccccc1)S(=O)(=O)c1ccc(C)cc1. The summed E-state index contributed by atoms with van der Waals surface area (Å²) in [4.78, 5) is 28.6. The highest BCUT2D eigenvalue weighted by molar-refractivity contribution is 7.92. The van der Waals surface area contributed by atoms with Gasteiger partial charge in [0.25, 0.3) is 10.0 Å². The van der Waals surface area contributed by atoms with E-state index in [1.165, 1.54) is 4.90 Å². The number of hydrogen-bond donors (Lipinski definition) is 1. The normalized spacial score (nSPS) is 12.1. The molecule has 0 spiro atoms. The molecule has 0 fully saturated rings. The molecule has 3 aromatic carbocycles. The molecular formula is C30H37N3O4S. The van der Waals surface area contributed by atoms with Gasteiger partial charge in [0.05, 0.1) is 10.6 Å². The summed E-state index contributed by atoms with van der Waals surface area (Å²) in [6.45, 7) is 7.32. The maximum Gasteiger partial charge on any atom is 0.264 e. The largest absolute Gasteiger partial charge is 0.352 e. The van der Waals surface area contributed by atoms with Crippen molar-refractivity contribution in [3.8, 4) is 0 Å². The maximum absolute atomic E-state index is 13.9. The first-order chi connectivity index (χ1) is 18.1. The number of carbonyl (C=O) groups is 2.